The lowest BCUT2D eigenvalue weighted by molar-refractivity contribution is 1.26. The van der Waals surface area contributed by atoms with Crippen molar-refractivity contribution >= 4 is 23.2 Å². The van der Waals surface area contributed by atoms with Gasteiger partial charge in [0, 0.05) is 11.8 Å². The van der Waals surface area contributed by atoms with Gasteiger partial charge in [-0.2, -0.15) is 5.26 Å². The molecule has 0 aliphatic rings. The summed E-state index contributed by atoms with van der Waals surface area (Å²) in [5, 5.41) is 8.27. The molecule has 13 heavy (non-hydrogen) atoms. The van der Waals surface area contributed by atoms with E-state index in [9.17, 15) is 0 Å². The first kappa shape index (κ1) is 12.3. The Morgan fingerprint density at radius 1 is 1.08 bits per heavy atom. The predicted octanol–water partition coefficient (Wildman–Crippen LogP) is 3.22. The summed E-state index contributed by atoms with van der Waals surface area (Å²) < 4.78 is 0. The van der Waals surface area contributed by atoms with Gasteiger partial charge in [-0.05, 0) is 5.56 Å². The molecule has 0 N–H and O–H groups in total. The van der Waals surface area contributed by atoms with Gasteiger partial charge in [0.2, 0.25) is 0 Å². The van der Waals surface area contributed by atoms with Crippen LogP contribution in [0.1, 0.15) is 5.56 Å². The second-order valence-electron chi connectivity index (χ2n) is 2.20. The Labute approximate surface area is 88.9 Å². The van der Waals surface area contributed by atoms with Gasteiger partial charge in [0.15, 0.2) is 0 Å². The van der Waals surface area contributed by atoms with Gasteiger partial charge >= 0.3 is 0 Å². The van der Waals surface area contributed by atoms with Crippen LogP contribution in [0, 0.1) is 11.3 Å². The fourth-order valence-corrected chi connectivity index (χ4v) is 0.687. The highest BCUT2D eigenvalue weighted by atomic mass is 35.5. The van der Waals surface area contributed by atoms with Gasteiger partial charge in [0.25, 0.3) is 0 Å². The van der Waals surface area contributed by atoms with Crippen molar-refractivity contribution < 1.29 is 0 Å². The van der Waals surface area contributed by atoms with Crippen LogP contribution in [-0.2, 0) is 6.42 Å². The van der Waals surface area contributed by atoms with E-state index in [-0.39, 0.29) is 0 Å². The molecule has 0 saturated carbocycles. The molecule has 0 aromatic heterocycles. The Morgan fingerprint density at radius 2 is 1.62 bits per heavy atom. The van der Waals surface area contributed by atoms with Gasteiger partial charge in [-0.3, -0.25) is 0 Å². The molecule has 0 radical (unpaired) electrons. The average Bonchev–Trinajstić information content (AvgIpc) is 2.20. The van der Waals surface area contributed by atoms with Crippen LogP contribution >= 0.6 is 23.2 Å². The van der Waals surface area contributed by atoms with Crippen molar-refractivity contribution in [2.45, 2.75) is 6.42 Å². The first-order valence-corrected chi connectivity index (χ1v) is 4.94. The first-order chi connectivity index (χ1) is 6.35. The molecular weight excluding hydrogens is 205 g/mol. The normalized spacial score (nSPS) is 8.08. The molecule has 1 rings (SSSR count). The van der Waals surface area contributed by atoms with E-state index in [0.29, 0.717) is 18.2 Å². The van der Waals surface area contributed by atoms with E-state index in [1.54, 1.807) is 0 Å². The lowest BCUT2D eigenvalue weighted by Gasteiger charge is -1.88. The Hall–Kier alpha value is -0.710. The van der Waals surface area contributed by atoms with Crippen LogP contribution in [0.15, 0.2) is 30.3 Å². The molecule has 1 aromatic carbocycles. The third-order valence-electron chi connectivity index (χ3n) is 1.20. The minimum absolute atomic E-state index is 0.515. The zero-order chi connectivity index (χ0) is 9.94. The number of rotatable bonds is 2. The first-order valence-electron chi connectivity index (χ1n) is 3.88. The van der Waals surface area contributed by atoms with Crippen LogP contribution in [0.5, 0.6) is 0 Å². The molecule has 1 aromatic rings. The molecule has 0 fully saturated rings. The molecule has 0 aliphatic carbocycles. The summed E-state index contributed by atoms with van der Waals surface area (Å²) in [7, 11) is 0. The molecule has 70 valence electrons. The average molecular weight is 216 g/mol. The quantitative estimate of drug-likeness (QED) is 0.696. The third-order valence-corrected chi connectivity index (χ3v) is 1.77. The monoisotopic (exact) mass is 215 g/mol. The van der Waals surface area contributed by atoms with E-state index in [1.807, 2.05) is 30.3 Å². The summed E-state index contributed by atoms with van der Waals surface area (Å²) in [5.41, 5.74) is 1.08. The minimum atomic E-state index is 0.515. The summed E-state index contributed by atoms with van der Waals surface area (Å²) in [5.74, 6) is 1.11. The van der Waals surface area contributed by atoms with Gasteiger partial charge in [0.1, 0.15) is 0 Å². The molecule has 0 amide bonds. The minimum Gasteiger partial charge on any atom is -0.198 e. The lowest BCUT2D eigenvalue weighted by Crippen LogP contribution is -1.76. The highest BCUT2D eigenvalue weighted by Gasteiger charge is 1.84. The maximum absolute atomic E-state index is 8.27. The van der Waals surface area contributed by atoms with Crippen molar-refractivity contribution in [3.8, 4) is 6.07 Å². The molecule has 0 saturated heterocycles. The van der Waals surface area contributed by atoms with E-state index in [2.05, 4.69) is 6.07 Å². The van der Waals surface area contributed by atoms with Crippen LogP contribution in [-0.4, -0.2) is 11.8 Å². The van der Waals surface area contributed by atoms with E-state index >= 15 is 0 Å². The number of halogens is 2. The summed E-state index contributed by atoms with van der Waals surface area (Å²) in [6.45, 7) is 0. The molecule has 0 heterocycles. The van der Waals surface area contributed by atoms with E-state index in [4.69, 9.17) is 28.5 Å². The van der Waals surface area contributed by atoms with Gasteiger partial charge in [-0.25, -0.2) is 0 Å². The molecule has 1 nitrogen and oxygen atoms in total. The standard InChI is InChI=1S/C8H7N.C2H4Cl2/c9-7-6-8-4-2-1-3-5-8;3-1-2-4/h1-5H,6H2;1-2H2. The summed E-state index contributed by atoms with van der Waals surface area (Å²) >= 11 is 10.1. The zero-order valence-corrected chi connectivity index (χ0v) is 8.72. The highest BCUT2D eigenvalue weighted by molar-refractivity contribution is 6.25. The maximum atomic E-state index is 8.27. The lowest BCUT2D eigenvalue weighted by atomic mass is 10.2. The Bertz CT molecular complexity index is 239. The fourth-order valence-electron chi connectivity index (χ4n) is 0.687. The summed E-state index contributed by atoms with van der Waals surface area (Å²) in [4.78, 5) is 0. The molecule has 0 atom stereocenters. The van der Waals surface area contributed by atoms with Crippen molar-refractivity contribution in [3.63, 3.8) is 0 Å². The Kier molecular flexibility index (Phi) is 8.87. The van der Waals surface area contributed by atoms with Crippen molar-refractivity contribution in [1.82, 2.24) is 0 Å². The molecule has 0 spiro atoms. The van der Waals surface area contributed by atoms with E-state index in [1.165, 1.54) is 0 Å². The van der Waals surface area contributed by atoms with Gasteiger partial charge in [0.05, 0.1) is 12.5 Å². The van der Waals surface area contributed by atoms with Crippen LogP contribution < -0.4 is 0 Å². The van der Waals surface area contributed by atoms with Gasteiger partial charge < -0.3 is 0 Å². The predicted molar refractivity (Wildman–Crippen MR) is 57.2 cm³/mol. The van der Waals surface area contributed by atoms with Crippen LogP contribution in [0.2, 0.25) is 0 Å². The Balaban J connectivity index is 0.000000310. The molecule has 3 heteroatoms. The molecule has 0 bridgehead atoms. The largest absolute Gasteiger partial charge is 0.198 e. The van der Waals surface area contributed by atoms with E-state index in [0.717, 1.165) is 5.56 Å². The second kappa shape index (κ2) is 9.38. The van der Waals surface area contributed by atoms with Crippen LogP contribution in [0.4, 0.5) is 0 Å². The van der Waals surface area contributed by atoms with Gasteiger partial charge in [-0.1, -0.05) is 30.3 Å². The SMILES string of the molecule is ClCCCl.N#CCc1ccccc1. The second-order valence-corrected chi connectivity index (χ2v) is 2.95. The summed E-state index contributed by atoms with van der Waals surface area (Å²) in [6.07, 6.45) is 0.515. The van der Waals surface area contributed by atoms with E-state index < -0.39 is 0 Å². The zero-order valence-electron chi connectivity index (χ0n) is 7.21. The third kappa shape index (κ3) is 7.64. The molecule has 0 unspecified atom stereocenters. The fraction of sp³-hybridized carbons (Fsp3) is 0.300. The number of hydrogen-bond donors (Lipinski definition) is 0. The molecule has 0 aliphatic heterocycles. The van der Waals surface area contributed by atoms with Crippen LogP contribution in [0.25, 0.3) is 0 Å². The number of alkyl halides is 2. The molecular formula is C10H11Cl2N. The Morgan fingerprint density at radius 3 is 2.00 bits per heavy atom. The number of hydrogen-bond acceptors (Lipinski definition) is 1. The highest BCUT2D eigenvalue weighted by Crippen LogP contribution is 1.96. The summed E-state index contributed by atoms with van der Waals surface area (Å²) in [6, 6.07) is 11.8. The smallest absolute Gasteiger partial charge is 0.0669 e. The van der Waals surface area contributed by atoms with Crippen LogP contribution in [0.3, 0.4) is 0 Å². The number of nitrogens with zero attached hydrogens (tertiary/aromatic N) is 1. The number of benzene rings is 1. The van der Waals surface area contributed by atoms with Crippen molar-refractivity contribution in [1.29, 1.82) is 5.26 Å². The maximum Gasteiger partial charge on any atom is 0.0669 e. The topological polar surface area (TPSA) is 23.8 Å². The van der Waals surface area contributed by atoms with Gasteiger partial charge in [-0.15, -0.1) is 23.2 Å². The van der Waals surface area contributed by atoms with Crippen molar-refractivity contribution in [2.75, 3.05) is 11.8 Å². The van der Waals surface area contributed by atoms with Crippen molar-refractivity contribution in [2.24, 2.45) is 0 Å². The number of nitriles is 1. The van der Waals surface area contributed by atoms with Crippen molar-refractivity contribution in [3.05, 3.63) is 35.9 Å².